The van der Waals surface area contributed by atoms with Gasteiger partial charge < -0.3 is 5.32 Å². The maximum atomic E-state index is 3.70. The zero-order valence-electron chi connectivity index (χ0n) is 12.6. The SMILES string of the molecule is CCCNC(CCc1ccccc1C)Cc1ccsc1. The van der Waals surface area contributed by atoms with Crippen LogP contribution in [0.1, 0.15) is 36.5 Å². The lowest BCUT2D eigenvalue weighted by Gasteiger charge is -2.18. The first-order valence-corrected chi connectivity index (χ1v) is 8.53. The number of aryl methyl sites for hydroxylation is 2. The molecule has 0 radical (unpaired) electrons. The molecule has 1 aromatic carbocycles. The predicted octanol–water partition coefficient (Wildman–Crippen LogP) is 4.60. The molecule has 1 heterocycles. The van der Waals surface area contributed by atoms with E-state index in [1.165, 1.54) is 29.5 Å². The molecule has 1 atom stereocenters. The number of hydrogen-bond acceptors (Lipinski definition) is 2. The van der Waals surface area contributed by atoms with Crippen molar-refractivity contribution in [2.24, 2.45) is 0 Å². The Kier molecular flexibility index (Phi) is 6.28. The monoisotopic (exact) mass is 287 g/mol. The van der Waals surface area contributed by atoms with Crippen LogP contribution in [0.15, 0.2) is 41.1 Å². The van der Waals surface area contributed by atoms with E-state index in [1.54, 1.807) is 11.3 Å². The summed E-state index contributed by atoms with van der Waals surface area (Å²) in [5.74, 6) is 0. The molecular formula is C18H25NS. The van der Waals surface area contributed by atoms with Gasteiger partial charge in [0.25, 0.3) is 0 Å². The van der Waals surface area contributed by atoms with Crippen molar-refractivity contribution in [2.75, 3.05) is 6.54 Å². The van der Waals surface area contributed by atoms with Crippen molar-refractivity contribution in [1.82, 2.24) is 5.32 Å². The van der Waals surface area contributed by atoms with Crippen LogP contribution < -0.4 is 5.32 Å². The first-order valence-electron chi connectivity index (χ1n) is 7.58. The van der Waals surface area contributed by atoms with Crippen LogP contribution >= 0.6 is 11.3 Å². The maximum Gasteiger partial charge on any atom is 0.0111 e. The highest BCUT2D eigenvalue weighted by atomic mass is 32.1. The molecule has 1 N–H and O–H groups in total. The zero-order chi connectivity index (χ0) is 14.2. The largest absolute Gasteiger partial charge is 0.314 e. The van der Waals surface area contributed by atoms with E-state index >= 15 is 0 Å². The van der Waals surface area contributed by atoms with Gasteiger partial charge in [0.15, 0.2) is 0 Å². The van der Waals surface area contributed by atoms with Crippen molar-refractivity contribution >= 4 is 11.3 Å². The van der Waals surface area contributed by atoms with Crippen LogP contribution in [0, 0.1) is 6.92 Å². The average molecular weight is 287 g/mol. The second-order valence-electron chi connectivity index (χ2n) is 5.45. The normalized spacial score (nSPS) is 12.5. The third kappa shape index (κ3) is 4.77. The summed E-state index contributed by atoms with van der Waals surface area (Å²) in [6.45, 7) is 5.56. The molecule has 1 nitrogen and oxygen atoms in total. The van der Waals surface area contributed by atoms with Crippen molar-refractivity contribution in [2.45, 2.75) is 45.6 Å². The highest BCUT2D eigenvalue weighted by Gasteiger charge is 2.10. The van der Waals surface area contributed by atoms with E-state index in [4.69, 9.17) is 0 Å². The minimum atomic E-state index is 0.587. The first kappa shape index (κ1) is 15.3. The summed E-state index contributed by atoms with van der Waals surface area (Å²) >= 11 is 1.79. The van der Waals surface area contributed by atoms with Gasteiger partial charge in [0.1, 0.15) is 0 Å². The third-order valence-electron chi connectivity index (χ3n) is 3.77. The number of nitrogens with one attached hydrogen (secondary N) is 1. The number of thiophene rings is 1. The van der Waals surface area contributed by atoms with Crippen molar-refractivity contribution in [1.29, 1.82) is 0 Å². The van der Waals surface area contributed by atoms with E-state index in [2.05, 4.69) is 60.3 Å². The van der Waals surface area contributed by atoms with Gasteiger partial charge in [-0.25, -0.2) is 0 Å². The summed E-state index contributed by atoms with van der Waals surface area (Å²) < 4.78 is 0. The Bertz CT molecular complexity index is 490. The quantitative estimate of drug-likeness (QED) is 0.748. The summed E-state index contributed by atoms with van der Waals surface area (Å²) in [6, 6.07) is 11.6. The second kappa shape index (κ2) is 8.23. The smallest absolute Gasteiger partial charge is 0.0111 e. The van der Waals surface area contributed by atoms with E-state index < -0.39 is 0 Å². The van der Waals surface area contributed by atoms with Gasteiger partial charge in [-0.1, -0.05) is 31.2 Å². The zero-order valence-corrected chi connectivity index (χ0v) is 13.4. The minimum absolute atomic E-state index is 0.587. The van der Waals surface area contributed by atoms with Crippen molar-refractivity contribution in [3.8, 4) is 0 Å². The Labute approximate surface area is 127 Å². The van der Waals surface area contributed by atoms with Crippen LogP contribution in [-0.2, 0) is 12.8 Å². The van der Waals surface area contributed by atoms with Gasteiger partial charge in [-0.3, -0.25) is 0 Å². The van der Waals surface area contributed by atoms with E-state index in [9.17, 15) is 0 Å². The van der Waals surface area contributed by atoms with Crippen LogP contribution in [0.25, 0.3) is 0 Å². The highest BCUT2D eigenvalue weighted by Crippen LogP contribution is 2.15. The first-order chi connectivity index (χ1) is 9.79. The van der Waals surface area contributed by atoms with Gasteiger partial charge in [0.2, 0.25) is 0 Å². The maximum absolute atomic E-state index is 3.70. The van der Waals surface area contributed by atoms with E-state index in [-0.39, 0.29) is 0 Å². The molecule has 0 saturated carbocycles. The Morgan fingerprint density at radius 1 is 1.20 bits per heavy atom. The van der Waals surface area contributed by atoms with E-state index in [0.29, 0.717) is 6.04 Å². The molecule has 2 heteroatoms. The van der Waals surface area contributed by atoms with Crippen molar-refractivity contribution in [3.63, 3.8) is 0 Å². The summed E-state index contributed by atoms with van der Waals surface area (Å²) in [6.07, 6.45) is 4.72. The fourth-order valence-electron chi connectivity index (χ4n) is 2.54. The lowest BCUT2D eigenvalue weighted by Crippen LogP contribution is -2.32. The fraction of sp³-hybridized carbons (Fsp3) is 0.444. The molecule has 0 amide bonds. The average Bonchev–Trinajstić information content (AvgIpc) is 2.96. The van der Waals surface area contributed by atoms with Gasteiger partial charge >= 0.3 is 0 Å². The molecule has 0 fully saturated rings. The third-order valence-corrected chi connectivity index (χ3v) is 4.50. The van der Waals surface area contributed by atoms with Gasteiger partial charge in [0.05, 0.1) is 0 Å². The minimum Gasteiger partial charge on any atom is -0.314 e. The number of rotatable bonds is 8. The van der Waals surface area contributed by atoms with Gasteiger partial charge in [-0.15, -0.1) is 0 Å². The van der Waals surface area contributed by atoms with Crippen molar-refractivity contribution < 1.29 is 0 Å². The molecule has 108 valence electrons. The Morgan fingerprint density at radius 2 is 2.05 bits per heavy atom. The van der Waals surface area contributed by atoms with Crippen LogP contribution in [0.4, 0.5) is 0 Å². The lowest BCUT2D eigenvalue weighted by atomic mass is 9.98. The summed E-state index contributed by atoms with van der Waals surface area (Å²) in [4.78, 5) is 0. The highest BCUT2D eigenvalue weighted by molar-refractivity contribution is 7.07. The molecule has 20 heavy (non-hydrogen) atoms. The molecule has 2 aromatic rings. The Balaban J connectivity index is 1.91. The summed E-state index contributed by atoms with van der Waals surface area (Å²) in [5, 5.41) is 8.15. The molecular weight excluding hydrogens is 262 g/mol. The Hall–Kier alpha value is -1.12. The Morgan fingerprint density at radius 3 is 2.75 bits per heavy atom. The molecule has 0 aliphatic heterocycles. The lowest BCUT2D eigenvalue weighted by molar-refractivity contribution is 0.477. The van der Waals surface area contributed by atoms with Gasteiger partial charge in [0, 0.05) is 6.04 Å². The molecule has 2 rings (SSSR count). The molecule has 1 aromatic heterocycles. The molecule has 0 saturated heterocycles. The fourth-order valence-corrected chi connectivity index (χ4v) is 3.22. The number of hydrogen-bond donors (Lipinski definition) is 1. The van der Waals surface area contributed by atoms with Crippen LogP contribution in [0.2, 0.25) is 0 Å². The second-order valence-corrected chi connectivity index (χ2v) is 6.23. The van der Waals surface area contributed by atoms with Crippen LogP contribution in [0.5, 0.6) is 0 Å². The molecule has 0 bridgehead atoms. The molecule has 0 aliphatic carbocycles. The van der Waals surface area contributed by atoms with E-state index in [0.717, 1.165) is 19.4 Å². The topological polar surface area (TPSA) is 12.0 Å². The number of benzene rings is 1. The van der Waals surface area contributed by atoms with Gasteiger partial charge in [-0.05, 0) is 72.7 Å². The van der Waals surface area contributed by atoms with E-state index in [1.807, 2.05) is 0 Å². The molecule has 0 spiro atoms. The van der Waals surface area contributed by atoms with Crippen LogP contribution in [-0.4, -0.2) is 12.6 Å². The molecule has 1 unspecified atom stereocenters. The van der Waals surface area contributed by atoms with Crippen molar-refractivity contribution in [3.05, 3.63) is 57.8 Å². The predicted molar refractivity (Wildman–Crippen MR) is 89.6 cm³/mol. The van der Waals surface area contributed by atoms with Crippen LogP contribution in [0.3, 0.4) is 0 Å². The summed E-state index contributed by atoms with van der Waals surface area (Å²) in [7, 11) is 0. The summed E-state index contributed by atoms with van der Waals surface area (Å²) in [5.41, 5.74) is 4.37. The standard InChI is InChI=1S/C18H25NS/c1-3-11-19-18(13-16-10-12-20-14-16)9-8-17-7-5-4-6-15(17)2/h4-7,10,12,14,18-19H,3,8-9,11,13H2,1-2H3. The molecule has 0 aliphatic rings. The van der Waals surface area contributed by atoms with Gasteiger partial charge in [-0.2, -0.15) is 11.3 Å².